The minimum absolute atomic E-state index is 0.0803. The Morgan fingerprint density at radius 3 is 2.05 bits per heavy atom. The van der Waals surface area contributed by atoms with E-state index in [1.54, 1.807) is 0 Å². The molecule has 0 heterocycles. The number of carbonyl (C=O) groups excluding carboxylic acids is 2. The number of ether oxygens (including phenoxy) is 2. The Morgan fingerprint density at radius 1 is 0.892 bits per heavy atom. The number of aliphatic hydroxyl groups is 1. The molecular weight excluding hydrogens is 464 g/mol. The second-order valence-electron chi connectivity index (χ2n) is 10.9. The predicted octanol–water partition coefficient (Wildman–Crippen LogP) is 6.72. The Hall–Kier alpha value is -2.66. The van der Waals surface area contributed by atoms with Crippen molar-refractivity contribution < 1.29 is 24.2 Å². The van der Waals surface area contributed by atoms with Gasteiger partial charge in [-0.1, -0.05) is 87.9 Å². The van der Waals surface area contributed by atoms with Crippen LogP contribution >= 0.6 is 0 Å². The number of hydrogen-bond donors (Lipinski definition) is 1. The van der Waals surface area contributed by atoms with Crippen molar-refractivity contribution in [2.75, 3.05) is 0 Å². The Bertz CT molecular complexity index is 942. The van der Waals surface area contributed by atoms with Gasteiger partial charge in [0.2, 0.25) is 0 Å². The van der Waals surface area contributed by atoms with E-state index in [1.807, 2.05) is 60.7 Å². The molecule has 5 nitrogen and oxygen atoms in total. The third kappa shape index (κ3) is 8.99. The van der Waals surface area contributed by atoms with Crippen molar-refractivity contribution in [3.8, 4) is 0 Å². The lowest BCUT2D eigenvalue weighted by molar-refractivity contribution is -0.155. The molecule has 5 unspecified atom stereocenters. The molecule has 0 saturated heterocycles. The van der Waals surface area contributed by atoms with Crippen LogP contribution < -0.4 is 0 Å². The summed E-state index contributed by atoms with van der Waals surface area (Å²) in [4.78, 5) is 26.2. The fourth-order valence-corrected chi connectivity index (χ4v) is 5.60. The maximum Gasteiger partial charge on any atom is 0.309 e. The molecule has 202 valence electrons. The molecule has 1 aliphatic rings. The Labute approximate surface area is 222 Å². The van der Waals surface area contributed by atoms with Crippen LogP contribution in [0.1, 0.15) is 76.8 Å². The summed E-state index contributed by atoms with van der Waals surface area (Å²) in [6.07, 6.45) is 5.11. The molecule has 0 radical (unpaired) electrons. The first-order valence-electron chi connectivity index (χ1n) is 14.0. The smallest absolute Gasteiger partial charge is 0.309 e. The van der Waals surface area contributed by atoms with Crippen LogP contribution in [-0.2, 0) is 32.3 Å². The highest BCUT2D eigenvalue weighted by Gasteiger charge is 2.39. The molecule has 0 aliphatic heterocycles. The summed E-state index contributed by atoms with van der Waals surface area (Å²) in [6.45, 7) is 6.72. The molecule has 1 aliphatic carbocycles. The van der Waals surface area contributed by atoms with E-state index in [-0.39, 0.29) is 60.8 Å². The number of benzene rings is 2. The van der Waals surface area contributed by atoms with E-state index in [0.29, 0.717) is 12.8 Å². The van der Waals surface area contributed by atoms with Gasteiger partial charge in [-0.2, -0.15) is 0 Å². The van der Waals surface area contributed by atoms with Crippen LogP contribution in [0.25, 0.3) is 0 Å². The van der Waals surface area contributed by atoms with Crippen molar-refractivity contribution in [2.24, 2.45) is 29.6 Å². The second-order valence-corrected chi connectivity index (χ2v) is 10.9. The summed E-state index contributed by atoms with van der Waals surface area (Å²) >= 11 is 0. The van der Waals surface area contributed by atoms with E-state index >= 15 is 0 Å². The summed E-state index contributed by atoms with van der Waals surface area (Å²) in [5.74, 6) is -0.378. The molecule has 5 atom stereocenters. The number of esters is 2. The standard InChI is InChI=1S/C32H44O5/c1-4-11-30(33)27-17-19-29(32(35)37-22-25-14-9-6-10-15-25)26(20-27)16-18-28(23(2)3)31(34)36-21-24-12-7-5-8-13-24/h5-10,12-15,23,26-30,33H,4,11,16-22H2,1-3H3. The lowest BCUT2D eigenvalue weighted by Gasteiger charge is -2.37. The highest BCUT2D eigenvalue weighted by Crippen LogP contribution is 2.41. The van der Waals surface area contributed by atoms with Gasteiger partial charge in [-0.3, -0.25) is 9.59 Å². The molecular formula is C32H44O5. The summed E-state index contributed by atoms with van der Waals surface area (Å²) in [7, 11) is 0. The molecule has 0 spiro atoms. The van der Waals surface area contributed by atoms with E-state index in [4.69, 9.17) is 9.47 Å². The molecule has 2 aromatic rings. The quantitative estimate of drug-likeness (QED) is 0.304. The third-order valence-electron chi connectivity index (χ3n) is 7.86. The number of carbonyl (C=O) groups is 2. The lowest BCUT2D eigenvalue weighted by atomic mass is 9.69. The average Bonchev–Trinajstić information content (AvgIpc) is 2.91. The molecule has 1 N–H and O–H groups in total. The fourth-order valence-electron chi connectivity index (χ4n) is 5.60. The first-order valence-corrected chi connectivity index (χ1v) is 14.0. The SMILES string of the molecule is CCCC(O)C1CCC(C(=O)OCc2ccccc2)C(CCC(C(=O)OCc2ccccc2)C(C)C)C1. The van der Waals surface area contributed by atoms with Gasteiger partial charge in [-0.25, -0.2) is 0 Å². The Morgan fingerprint density at radius 2 is 1.49 bits per heavy atom. The van der Waals surface area contributed by atoms with E-state index in [0.717, 1.165) is 43.2 Å². The molecule has 37 heavy (non-hydrogen) atoms. The van der Waals surface area contributed by atoms with Crippen LogP contribution in [-0.4, -0.2) is 23.1 Å². The van der Waals surface area contributed by atoms with Crippen molar-refractivity contribution in [1.29, 1.82) is 0 Å². The fraction of sp³-hybridized carbons (Fsp3) is 0.562. The highest BCUT2D eigenvalue weighted by atomic mass is 16.5. The Kier molecular flexibility index (Phi) is 11.7. The van der Waals surface area contributed by atoms with Gasteiger partial charge < -0.3 is 14.6 Å². The third-order valence-corrected chi connectivity index (χ3v) is 7.86. The molecule has 3 rings (SSSR count). The average molecular weight is 509 g/mol. The molecule has 2 aromatic carbocycles. The van der Waals surface area contributed by atoms with Gasteiger partial charge in [0.25, 0.3) is 0 Å². The number of rotatable bonds is 13. The van der Waals surface area contributed by atoms with Crippen LogP contribution in [0.5, 0.6) is 0 Å². The minimum Gasteiger partial charge on any atom is -0.461 e. The summed E-state index contributed by atoms with van der Waals surface area (Å²) in [5, 5.41) is 10.7. The minimum atomic E-state index is -0.342. The van der Waals surface area contributed by atoms with Gasteiger partial charge >= 0.3 is 11.9 Å². The normalized spacial score (nSPS) is 21.3. The maximum atomic E-state index is 13.2. The van der Waals surface area contributed by atoms with Gasteiger partial charge in [-0.15, -0.1) is 0 Å². The van der Waals surface area contributed by atoms with Crippen molar-refractivity contribution in [1.82, 2.24) is 0 Å². The van der Waals surface area contributed by atoms with E-state index in [2.05, 4.69) is 20.8 Å². The zero-order valence-corrected chi connectivity index (χ0v) is 22.7. The Balaban J connectivity index is 1.64. The molecule has 0 bridgehead atoms. The first kappa shape index (κ1) is 28.9. The van der Waals surface area contributed by atoms with Crippen LogP contribution in [0.2, 0.25) is 0 Å². The van der Waals surface area contributed by atoms with Crippen molar-refractivity contribution in [3.05, 3.63) is 71.8 Å². The molecule has 0 amide bonds. The van der Waals surface area contributed by atoms with E-state index in [1.165, 1.54) is 0 Å². The number of hydrogen-bond acceptors (Lipinski definition) is 5. The maximum absolute atomic E-state index is 13.2. The second kappa shape index (κ2) is 14.9. The molecule has 5 heteroatoms. The van der Waals surface area contributed by atoms with Crippen LogP contribution in [0, 0.1) is 29.6 Å². The summed E-state index contributed by atoms with van der Waals surface area (Å²) < 4.78 is 11.4. The largest absolute Gasteiger partial charge is 0.461 e. The zero-order valence-electron chi connectivity index (χ0n) is 22.7. The topological polar surface area (TPSA) is 72.8 Å². The number of aliphatic hydroxyl groups excluding tert-OH is 1. The monoisotopic (exact) mass is 508 g/mol. The molecule has 0 aromatic heterocycles. The lowest BCUT2D eigenvalue weighted by Crippen LogP contribution is -2.36. The van der Waals surface area contributed by atoms with Gasteiger partial charge in [0.15, 0.2) is 0 Å². The van der Waals surface area contributed by atoms with Crippen LogP contribution in [0.4, 0.5) is 0 Å². The van der Waals surface area contributed by atoms with Gasteiger partial charge in [0, 0.05) is 0 Å². The molecule has 1 saturated carbocycles. The van der Waals surface area contributed by atoms with E-state index in [9.17, 15) is 14.7 Å². The van der Waals surface area contributed by atoms with Crippen LogP contribution in [0.3, 0.4) is 0 Å². The predicted molar refractivity (Wildman–Crippen MR) is 145 cm³/mol. The van der Waals surface area contributed by atoms with Crippen LogP contribution in [0.15, 0.2) is 60.7 Å². The van der Waals surface area contributed by atoms with Crippen molar-refractivity contribution in [3.63, 3.8) is 0 Å². The van der Waals surface area contributed by atoms with Gasteiger partial charge in [0.05, 0.1) is 17.9 Å². The van der Waals surface area contributed by atoms with Gasteiger partial charge in [-0.05, 0) is 67.4 Å². The van der Waals surface area contributed by atoms with Crippen molar-refractivity contribution >= 4 is 11.9 Å². The van der Waals surface area contributed by atoms with E-state index < -0.39 is 0 Å². The summed E-state index contributed by atoms with van der Waals surface area (Å²) in [5.41, 5.74) is 1.94. The first-order chi connectivity index (χ1) is 17.9. The van der Waals surface area contributed by atoms with Crippen molar-refractivity contribution in [2.45, 2.75) is 85.0 Å². The zero-order chi connectivity index (χ0) is 26.6. The summed E-state index contributed by atoms with van der Waals surface area (Å²) in [6, 6.07) is 19.5. The van der Waals surface area contributed by atoms with Gasteiger partial charge in [0.1, 0.15) is 13.2 Å². The molecule has 1 fully saturated rings. The highest BCUT2D eigenvalue weighted by molar-refractivity contribution is 5.73.